The lowest BCUT2D eigenvalue weighted by Crippen LogP contribution is -2.22. The molecule has 0 bridgehead atoms. The zero-order chi connectivity index (χ0) is 18.7. The second-order valence-electron chi connectivity index (χ2n) is 6.54. The number of aromatic nitrogens is 1. The molecule has 1 fully saturated rings. The smallest absolute Gasteiger partial charge is 0.222 e. The summed E-state index contributed by atoms with van der Waals surface area (Å²) in [4.78, 5) is 0. The highest BCUT2D eigenvalue weighted by atomic mass is 31.0. The van der Waals surface area contributed by atoms with Crippen molar-refractivity contribution in [3.05, 3.63) is 72.1 Å². The Hall–Kier alpha value is -2.78. The second-order valence-corrected chi connectivity index (χ2v) is 7.20. The molecular formula is C21H20N3O2P. The topological polar surface area (TPSA) is 60.0 Å². The van der Waals surface area contributed by atoms with E-state index in [1.54, 1.807) is 19.5 Å². The van der Waals surface area contributed by atoms with Crippen LogP contribution in [-0.4, -0.2) is 24.4 Å². The summed E-state index contributed by atoms with van der Waals surface area (Å²) in [6, 6.07) is 18.1. The minimum Gasteiger partial charge on any atom is -0.482 e. The van der Waals surface area contributed by atoms with Crippen LogP contribution in [0, 0.1) is 0 Å². The number of nitrogens with zero attached hydrogens (tertiary/aromatic N) is 3. The molecule has 1 saturated carbocycles. The first-order chi connectivity index (χ1) is 13.2. The molecule has 3 aromatic rings. The van der Waals surface area contributed by atoms with E-state index in [-0.39, 0.29) is 0 Å². The van der Waals surface area contributed by atoms with E-state index >= 15 is 0 Å². The average molecular weight is 377 g/mol. The van der Waals surface area contributed by atoms with Crippen molar-refractivity contribution < 1.29 is 9.26 Å². The molecule has 1 heterocycles. The van der Waals surface area contributed by atoms with E-state index in [2.05, 4.69) is 24.6 Å². The third-order valence-corrected chi connectivity index (χ3v) is 5.12. The molecular weight excluding hydrogens is 357 g/mol. The summed E-state index contributed by atoms with van der Waals surface area (Å²) in [5.41, 5.74) is 2.63. The Morgan fingerprint density at radius 1 is 1.15 bits per heavy atom. The van der Waals surface area contributed by atoms with Gasteiger partial charge < -0.3 is 9.26 Å². The largest absolute Gasteiger partial charge is 0.482 e. The Labute approximate surface area is 160 Å². The predicted octanol–water partition coefficient (Wildman–Crippen LogP) is 3.95. The van der Waals surface area contributed by atoms with Crippen LogP contribution in [0.4, 0.5) is 0 Å². The van der Waals surface area contributed by atoms with Gasteiger partial charge in [0.2, 0.25) is 5.90 Å². The van der Waals surface area contributed by atoms with E-state index in [9.17, 15) is 0 Å². The van der Waals surface area contributed by atoms with Crippen molar-refractivity contribution in [3.8, 4) is 11.1 Å². The standard InChI is InChI=1S/C21H20N3O2P/c1-25-20(24-22-13-15-7-9-17(27)10-8-15)21(11-12-21)19-18(14-23-26-19)16-5-3-2-4-6-16/h2-10,13-14H,11-12,27H2,1H3/b22-13+,24-20-. The Bertz CT molecular complexity index is 974. The third-order valence-electron chi connectivity index (χ3n) is 4.73. The molecule has 1 aliphatic carbocycles. The van der Waals surface area contributed by atoms with E-state index in [1.807, 2.05) is 54.6 Å². The molecule has 27 heavy (non-hydrogen) atoms. The van der Waals surface area contributed by atoms with Gasteiger partial charge in [0.1, 0.15) is 5.41 Å². The molecule has 1 aromatic heterocycles. The minimum atomic E-state index is -0.391. The average Bonchev–Trinajstić information content (AvgIpc) is 3.35. The van der Waals surface area contributed by atoms with Gasteiger partial charge >= 0.3 is 0 Å². The van der Waals surface area contributed by atoms with Gasteiger partial charge in [-0.05, 0) is 29.3 Å². The Morgan fingerprint density at radius 2 is 1.89 bits per heavy atom. The normalized spacial score (nSPS) is 15.9. The summed E-state index contributed by atoms with van der Waals surface area (Å²) in [5, 5.41) is 13.7. The van der Waals surface area contributed by atoms with Crippen molar-refractivity contribution in [1.82, 2.24) is 5.16 Å². The van der Waals surface area contributed by atoms with Crippen LogP contribution in [0.25, 0.3) is 11.1 Å². The molecule has 0 radical (unpaired) electrons. The van der Waals surface area contributed by atoms with E-state index < -0.39 is 5.41 Å². The zero-order valence-electron chi connectivity index (χ0n) is 15.0. The van der Waals surface area contributed by atoms with Crippen LogP contribution < -0.4 is 5.30 Å². The van der Waals surface area contributed by atoms with Crippen molar-refractivity contribution in [3.63, 3.8) is 0 Å². The summed E-state index contributed by atoms with van der Waals surface area (Å²) in [6.07, 6.45) is 5.27. The number of rotatable bonds is 5. The molecule has 1 unspecified atom stereocenters. The van der Waals surface area contributed by atoms with E-state index in [4.69, 9.17) is 9.26 Å². The summed E-state index contributed by atoms with van der Waals surface area (Å²) in [7, 11) is 4.28. The molecule has 0 spiro atoms. The highest BCUT2D eigenvalue weighted by molar-refractivity contribution is 7.27. The van der Waals surface area contributed by atoms with Crippen LogP contribution in [0.3, 0.4) is 0 Å². The van der Waals surface area contributed by atoms with Crippen LogP contribution in [0.2, 0.25) is 0 Å². The van der Waals surface area contributed by atoms with Gasteiger partial charge in [-0.3, -0.25) is 0 Å². The second kappa shape index (κ2) is 7.45. The number of hydrogen-bond acceptors (Lipinski definition) is 5. The first kappa shape index (κ1) is 17.6. The van der Waals surface area contributed by atoms with Crippen LogP contribution in [0.5, 0.6) is 0 Å². The van der Waals surface area contributed by atoms with Crippen molar-refractivity contribution in [2.75, 3.05) is 7.11 Å². The Morgan fingerprint density at radius 3 is 2.56 bits per heavy atom. The van der Waals surface area contributed by atoms with Crippen molar-refractivity contribution in [2.24, 2.45) is 10.2 Å². The van der Waals surface area contributed by atoms with E-state index in [0.29, 0.717) is 5.90 Å². The molecule has 0 amide bonds. The monoisotopic (exact) mass is 377 g/mol. The molecule has 0 N–H and O–H groups in total. The maximum absolute atomic E-state index is 5.64. The van der Waals surface area contributed by atoms with Crippen molar-refractivity contribution in [1.29, 1.82) is 0 Å². The van der Waals surface area contributed by atoms with E-state index in [0.717, 1.165) is 40.6 Å². The summed E-state index contributed by atoms with van der Waals surface area (Å²) < 4.78 is 11.2. The third kappa shape index (κ3) is 3.56. The molecule has 5 nitrogen and oxygen atoms in total. The minimum absolute atomic E-state index is 0.391. The van der Waals surface area contributed by atoms with Gasteiger partial charge in [-0.2, -0.15) is 5.10 Å². The fourth-order valence-electron chi connectivity index (χ4n) is 3.13. The lowest BCUT2D eigenvalue weighted by Gasteiger charge is -2.14. The van der Waals surface area contributed by atoms with Crippen LogP contribution in [-0.2, 0) is 10.2 Å². The van der Waals surface area contributed by atoms with Gasteiger partial charge in [-0.15, -0.1) is 14.3 Å². The molecule has 6 heteroatoms. The lowest BCUT2D eigenvalue weighted by molar-refractivity contribution is 0.335. The zero-order valence-corrected chi connectivity index (χ0v) is 16.2. The van der Waals surface area contributed by atoms with Gasteiger partial charge in [0.15, 0.2) is 5.76 Å². The molecule has 136 valence electrons. The number of ether oxygens (including phenoxy) is 1. The summed E-state index contributed by atoms with van der Waals surface area (Å²) >= 11 is 0. The van der Waals surface area contributed by atoms with E-state index in [1.165, 1.54) is 0 Å². The molecule has 2 aromatic carbocycles. The van der Waals surface area contributed by atoms with Gasteiger partial charge in [0.25, 0.3) is 0 Å². The molecule has 4 rings (SSSR count). The summed E-state index contributed by atoms with van der Waals surface area (Å²) in [5.74, 6) is 1.34. The first-order valence-corrected chi connectivity index (χ1v) is 9.32. The highest BCUT2D eigenvalue weighted by Crippen LogP contribution is 2.52. The van der Waals surface area contributed by atoms with Gasteiger partial charge in [0, 0.05) is 5.56 Å². The highest BCUT2D eigenvalue weighted by Gasteiger charge is 2.55. The SMILES string of the molecule is CO/C(=N\N=C\c1ccc(P)cc1)C1(c2oncc2-c2ccccc2)CC1. The quantitative estimate of drug-likeness (QED) is 0.293. The number of methoxy groups -OCH3 is 1. The van der Waals surface area contributed by atoms with Gasteiger partial charge in [0.05, 0.1) is 19.5 Å². The maximum Gasteiger partial charge on any atom is 0.222 e. The van der Waals surface area contributed by atoms with Gasteiger partial charge in [-0.1, -0.05) is 59.8 Å². The van der Waals surface area contributed by atoms with Crippen molar-refractivity contribution in [2.45, 2.75) is 18.3 Å². The lowest BCUT2D eigenvalue weighted by atomic mass is 9.96. The Kier molecular flexibility index (Phi) is 4.87. The van der Waals surface area contributed by atoms with Crippen LogP contribution >= 0.6 is 9.24 Å². The molecule has 0 saturated heterocycles. The predicted molar refractivity (Wildman–Crippen MR) is 111 cm³/mol. The summed E-state index contributed by atoms with van der Waals surface area (Å²) in [6.45, 7) is 0. The molecule has 1 aliphatic rings. The first-order valence-electron chi connectivity index (χ1n) is 8.74. The molecule has 0 aliphatic heterocycles. The van der Waals surface area contributed by atoms with Gasteiger partial charge in [-0.25, -0.2) is 0 Å². The maximum atomic E-state index is 5.64. The van der Waals surface area contributed by atoms with Crippen LogP contribution in [0.1, 0.15) is 24.2 Å². The number of benzene rings is 2. The number of hydrogen-bond donors (Lipinski definition) is 0. The Balaban J connectivity index is 1.63. The fraction of sp³-hybridized carbons (Fsp3) is 0.190. The van der Waals surface area contributed by atoms with Crippen molar-refractivity contribution >= 4 is 26.7 Å². The fourth-order valence-corrected chi connectivity index (χ4v) is 3.33. The molecule has 1 atom stereocenters. The van der Waals surface area contributed by atoms with Crippen LogP contribution in [0.15, 0.2) is 75.5 Å².